The van der Waals surface area contributed by atoms with Crippen LogP contribution in [-0.2, 0) is 26.2 Å². The molecular formula is C28H32Cl2N6O5S. The second-order valence-electron chi connectivity index (χ2n) is 10.7. The molecule has 224 valence electrons. The summed E-state index contributed by atoms with van der Waals surface area (Å²) in [5.74, 6) is 0.262. The van der Waals surface area contributed by atoms with Gasteiger partial charge in [-0.1, -0.05) is 35.3 Å². The average molecular weight is 636 g/mol. The molecule has 2 atom stereocenters. The summed E-state index contributed by atoms with van der Waals surface area (Å²) in [6.45, 7) is 4.06. The molecule has 3 aromatic rings. The number of fused-ring (bicyclic) bond motifs is 1. The van der Waals surface area contributed by atoms with Crippen molar-refractivity contribution in [2.24, 2.45) is 0 Å². The van der Waals surface area contributed by atoms with Gasteiger partial charge in [-0.2, -0.15) is 9.40 Å². The summed E-state index contributed by atoms with van der Waals surface area (Å²) in [5, 5.41) is 10.6. The Kier molecular flexibility index (Phi) is 8.55. The number of ether oxygens (including phenoxy) is 2. The Morgan fingerprint density at radius 1 is 1.24 bits per heavy atom. The number of nitrogens with one attached hydrogen (secondary N) is 2. The van der Waals surface area contributed by atoms with Gasteiger partial charge >= 0.3 is 0 Å². The van der Waals surface area contributed by atoms with Crippen LogP contribution >= 0.6 is 23.2 Å². The number of hydrogen-bond acceptors (Lipinski definition) is 8. The Labute approximate surface area is 254 Å². The van der Waals surface area contributed by atoms with Gasteiger partial charge in [0.05, 0.1) is 28.0 Å². The number of halogens is 2. The lowest BCUT2D eigenvalue weighted by Crippen LogP contribution is -2.39. The molecule has 11 nitrogen and oxygen atoms in total. The van der Waals surface area contributed by atoms with Gasteiger partial charge in [-0.25, -0.2) is 18.1 Å². The van der Waals surface area contributed by atoms with Crippen molar-refractivity contribution in [2.45, 2.75) is 55.9 Å². The van der Waals surface area contributed by atoms with Crippen LogP contribution in [0, 0.1) is 0 Å². The molecule has 0 radical (unpaired) electrons. The molecule has 1 amide bonds. The minimum atomic E-state index is -4.11. The third kappa shape index (κ3) is 5.86. The maximum Gasteiger partial charge on any atom is 0.244 e. The summed E-state index contributed by atoms with van der Waals surface area (Å²) < 4.78 is 42.4. The first kappa shape index (κ1) is 30.3. The zero-order valence-electron chi connectivity index (χ0n) is 23.6. The summed E-state index contributed by atoms with van der Waals surface area (Å²) in [6, 6.07) is 7.91. The number of rotatable bonds is 9. The summed E-state index contributed by atoms with van der Waals surface area (Å²) >= 11 is 13.3. The van der Waals surface area contributed by atoms with E-state index in [9.17, 15) is 13.2 Å². The Bertz CT molecular complexity index is 1630. The minimum absolute atomic E-state index is 0.00423. The normalized spacial score (nSPS) is 20.0. The second kappa shape index (κ2) is 11.8. The van der Waals surface area contributed by atoms with Crippen molar-refractivity contribution in [1.29, 1.82) is 0 Å². The molecule has 14 heteroatoms. The van der Waals surface area contributed by atoms with Crippen molar-refractivity contribution in [3.8, 4) is 5.75 Å². The largest absolute Gasteiger partial charge is 0.487 e. The monoisotopic (exact) mass is 634 g/mol. The first-order valence-corrected chi connectivity index (χ1v) is 15.5. The maximum absolute atomic E-state index is 13.9. The van der Waals surface area contributed by atoms with E-state index < -0.39 is 21.6 Å². The number of aromatic nitrogens is 3. The molecule has 0 bridgehead atoms. The molecule has 0 aliphatic carbocycles. The van der Waals surface area contributed by atoms with E-state index in [1.54, 1.807) is 11.0 Å². The van der Waals surface area contributed by atoms with Crippen molar-refractivity contribution < 1.29 is 22.7 Å². The summed E-state index contributed by atoms with van der Waals surface area (Å²) in [4.78, 5) is 16.1. The van der Waals surface area contributed by atoms with E-state index in [0.717, 1.165) is 16.9 Å². The molecular weight excluding hydrogens is 603 g/mol. The van der Waals surface area contributed by atoms with Crippen molar-refractivity contribution in [1.82, 2.24) is 24.4 Å². The Morgan fingerprint density at radius 3 is 2.71 bits per heavy atom. The highest BCUT2D eigenvalue weighted by atomic mass is 35.5. The van der Waals surface area contributed by atoms with Crippen LogP contribution in [0.5, 0.6) is 5.75 Å². The van der Waals surface area contributed by atoms with E-state index in [1.807, 2.05) is 32.0 Å². The van der Waals surface area contributed by atoms with E-state index in [2.05, 4.69) is 26.8 Å². The molecule has 1 aromatic heterocycles. The fourth-order valence-electron chi connectivity index (χ4n) is 5.29. The highest BCUT2D eigenvalue weighted by Crippen LogP contribution is 2.42. The molecule has 0 unspecified atom stereocenters. The second-order valence-corrected chi connectivity index (χ2v) is 13.4. The maximum atomic E-state index is 13.9. The average Bonchev–Trinajstić information content (AvgIpc) is 3.63. The van der Waals surface area contributed by atoms with Gasteiger partial charge in [0, 0.05) is 49.3 Å². The van der Waals surface area contributed by atoms with Gasteiger partial charge in [0.1, 0.15) is 29.9 Å². The summed E-state index contributed by atoms with van der Waals surface area (Å²) in [6.07, 6.45) is 5.20. The SMILES string of the molecule is CNC(=O)C[C@@H]1C[C@@H](OC)CN1S(=O)(=O)c1ccc(Cl)c(COc2cccc3c2NC(C)(C)C=C3n2cncn2)c1Cl. The van der Waals surface area contributed by atoms with Gasteiger partial charge in [-0.05, 0) is 44.5 Å². The molecule has 1 fully saturated rings. The minimum Gasteiger partial charge on any atom is -0.487 e. The molecule has 3 heterocycles. The third-order valence-corrected chi connectivity index (χ3v) is 10.2. The lowest BCUT2D eigenvalue weighted by Gasteiger charge is -2.33. The van der Waals surface area contributed by atoms with Crippen LogP contribution in [0.4, 0.5) is 5.69 Å². The van der Waals surface area contributed by atoms with E-state index in [0.29, 0.717) is 17.7 Å². The summed E-state index contributed by atoms with van der Waals surface area (Å²) in [7, 11) is -1.08. The Hall–Kier alpha value is -3.16. The topological polar surface area (TPSA) is 128 Å². The zero-order valence-corrected chi connectivity index (χ0v) is 25.9. The van der Waals surface area contributed by atoms with Gasteiger partial charge in [0.25, 0.3) is 0 Å². The predicted molar refractivity (Wildman–Crippen MR) is 160 cm³/mol. The molecule has 2 aromatic carbocycles. The number of carbonyl (C=O) groups excluding carboxylic acids is 1. The number of sulfonamides is 1. The van der Waals surface area contributed by atoms with Crippen LogP contribution in [0.3, 0.4) is 0 Å². The fraction of sp³-hybridized carbons (Fsp3) is 0.393. The van der Waals surface area contributed by atoms with E-state index in [1.165, 1.54) is 36.9 Å². The lowest BCUT2D eigenvalue weighted by molar-refractivity contribution is -0.121. The number of amides is 1. The molecule has 1 saturated heterocycles. The predicted octanol–water partition coefficient (Wildman–Crippen LogP) is 4.17. The van der Waals surface area contributed by atoms with Gasteiger partial charge in [0.2, 0.25) is 15.9 Å². The van der Waals surface area contributed by atoms with E-state index in [-0.39, 0.29) is 46.5 Å². The van der Waals surface area contributed by atoms with E-state index >= 15 is 0 Å². The highest BCUT2D eigenvalue weighted by molar-refractivity contribution is 7.89. The van der Waals surface area contributed by atoms with Crippen LogP contribution < -0.4 is 15.4 Å². The number of nitrogens with zero attached hydrogens (tertiary/aromatic N) is 4. The molecule has 0 saturated carbocycles. The van der Waals surface area contributed by atoms with E-state index in [4.69, 9.17) is 32.7 Å². The van der Waals surface area contributed by atoms with Crippen LogP contribution in [0.25, 0.3) is 5.70 Å². The number of anilines is 1. The number of para-hydroxylation sites is 1. The molecule has 5 rings (SSSR count). The molecule has 2 aliphatic heterocycles. The fourth-order valence-corrected chi connectivity index (χ4v) is 7.82. The number of carbonyl (C=O) groups is 1. The molecule has 2 N–H and O–H groups in total. The van der Waals surface area contributed by atoms with Crippen LogP contribution in [0.1, 0.15) is 37.8 Å². The van der Waals surface area contributed by atoms with Crippen molar-refractivity contribution >= 4 is 50.5 Å². The van der Waals surface area contributed by atoms with Crippen LogP contribution in [-0.4, -0.2) is 71.8 Å². The molecule has 42 heavy (non-hydrogen) atoms. The zero-order chi connectivity index (χ0) is 30.2. The standard InChI is InChI=1S/C28H32Cl2N6O5S/c1-28(2)12-22(35-16-32-15-33-35)19-6-5-7-23(27(19)34-28)41-14-20-21(29)8-9-24(26(20)30)42(38,39)36-13-18(40-4)10-17(36)11-25(37)31-3/h5-9,12,15-18,34H,10-11,13-14H2,1-4H3,(H,31,37)/t17-,18+/m0/s1. The van der Waals surface area contributed by atoms with Gasteiger partial charge in [-0.15, -0.1) is 0 Å². The first-order valence-electron chi connectivity index (χ1n) is 13.3. The first-order chi connectivity index (χ1) is 19.9. The number of hydrogen-bond donors (Lipinski definition) is 2. The van der Waals surface area contributed by atoms with Crippen molar-refractivity contribution in [2.75, 3.05) is 26.0 Å². The molecule has 2 aliphatic rings. The summed E-state index contributed by atoms with van der Waals surface area (Å²) in [5.41, 5.74) is 2.33. The van der Waals surface area contributed by atoms with Gasteiger partial charge < -0.3 is 20.1 Å². The number of benzene rings is 2. The third-order valence-electron chi connectivity index (χ3n) is 7.38. The van der Waals surface area contributed by atoms with Crippen molar-refractivity contribution in [3.05, 3.63) is 70.2 Å². The van der Waals surface area contributed by atoms with Gasteiger partial charge in [-0.3, -0.25) is 4.79 Å². The lowest BCUT2D eigenvalue weighted by atomic mass is 9.94. The Balaban J connectivity index is 1.45. The quantitative estimate of drug-likeness (QED) is 0.359. The molecule has 0 spiro atoms. The van der Waals surface area contributed by atoms with Crippen LogP contribution in [0.2, 0.25) is 10.0 Å². The highest BCUT2D eigenvalue weighted by Gasteiger charge is 2.42. The van der Waals surface area contributed by atoms with Gasteiger partial charge in [0.15, 0.2) is 0 Å². The number of methoxy groups -OCH3 is 1. The van der Waals surface area contributed by atoms with Crippen LogP contribution in [0.15, 0.2) is 54.0 Å². The van der Waals surface area contributed by atoms with Crippen molar-refractivity contribution in [3.63, 3.8) is 0 Å². The smallest absolute Gasteiger partial charge is 0.244 e. The Morgan fingerprint density at radius 2 is 2.02 bits per heavy atom.